The van der Waals surface area contributed by atoms with Gasteiger partial charge in [-0.15, -0.1) is 0 Å². The van der Waals surface area contributed by atoms with Crippen molar-refractivity contribution in [2.45, 2.75) is 25.7 Å². The Hall–Kier alpha value is -3.73. The number of hydrogen-bond donors (Lipinski definition) is 1. The van der Waals surface area contributed by atoms with Gasteiger partial charge in [0.1, 0.15) is 23.0 Å². The van der Waals surface area contributed by atoms with Crippen LogP contribution in [-0.4, -0.2) is 54.8 Å². The molecular formula is C24H29NO9S. The molecule has 1 N–H and O–H groups in total. The highest BCUT2D eigenvalue weighted by Crippen LogP contribution is 2.35. The number of benzene rings is 2. The van der Waals surface area contributed by atoms with Crippen molar-refractivity contribution < 1.29 is 41.7 Å². The largest absolute Gasteiger partial charge is 0.496 e. The van der Waals surface area contributed by atoms with Crippen molar-refractivity contribution in [3.8, 4) is 23.0 Å². The molecule has 0 saturated carbocycles. The van der Waals surface area contributed by atoms with Crippen LogP contribution >= 0.6 is 0 Å². The predicted molar refractivity (Wildman–Crippen MR) is 131 cm³/mol. The van der Waals surface area contributed by atoms with Gasteiger partial charge in [-0.2, -0.15) is 0 Å². The molecule has 2 aromatic carbocycles. The molecule has 1 unspecified atom stereocenters. The summed E-state index contributed by atoms with van der Waals surface area (Å²) in [6.07, 6.45) is 0.348. The molecule has 0 aliphatic rings. The second kappa shape index (κ2) is 12.1. The van der Waals surface area contributed by atoms with Gasteiger partial charge >= 0.3 is 5.97 Å². The van der Waals surface area contributed by atoms with E-state index >= 15 is 0 Å². The number of methoxy groups -OCH3 is 4. The lowest BCUT2D eigenvalue weighted by atomic mass is 10.1. The lowest BCUT2D eigenvalue weighted by Crippen LogP contribution is -2.29. The molecule has 11 heteroatoms. The topological polar surface area (TPSA) is 126 Å². The van der Waals surface area contributed by atoms with Crippen LogP contribution in [0.2, 0.25) is 0 Å². The Morgan fingerprint density at radius 2 is 1.54 bits per heavy atom. The number of anilines is 1. The second-order valence-electron chi connectivity index (χ2n) is 7.33. The normalized spacial score (nSPS) is 12.1. The molecule has 1 atom stereocenters. The molecule has 10 nitrogen and oxygen atoms in total. The first-order valence-electron chi connectivity index (χ1n) is 10.4. The number of carbonyl (C=O) groups is 2. The maximum atomic E-state index is 12.8. The molecule has 0 bridgehead atoms. The minimum atomic E-state index is -3.74. The number of esters is 1. The Balaban J connectivity index is 2.30. The number of sulfone groups is 1. The van der Waals surface area contributed by atoms with Crippen molar-refractivity contribution in [1.82, 2.24) is 0 Å². The van der Waals surface area contributed by atoms with Gasteiger partial charge in [0.15, 0.2) is 15.9 Å². The van der Waals surface area contributed by atoms with Gasteiger partial charge in [0, 0.05) is 24.5 Å². The van der Waals surface area contributed by atoms with Crippen molar-refractivity contribution in [2.24, 2.45) is 0 Å². The quantitative estimate of drug-likeness (QED) is 0.456. The molecule has 0 heterocycles. The lowest BCUT2D eigenvalue weighted by molar-refractivity contribution is -0.150. The summed E-state index contributed by atoms with van der Waals surface area (Å²) in [6.45, 7) is 2.62. The monoisotopic (exact) mass is 507 g/mol. The van der Waals surface area contributed by atoms with Crippen LogP contribution in [0.25, 0.3) is 6.08 Å². The highest BCUT2D eigenvalue weighted by Gasteiger charge is 2.19. The van der Waals surface area contributed by atoms with E-state index in [4.69, 9.17) is 23.7 Å². The molecule has 0 aliphatic heterocycles. The van der Waals surface area contributed by atoms with Gasteiger partial charge < -0.3 is 29.0 Å². The molecule has 35 heavy (non-hydrogen) atoms. The molecule has 1 amide bonds. The van der Waals surface area contributed by atoms with Crippen molar-refractivity contribution in [1.29, 1.82) is 0 Å². The molecule has 0 radical (unpaired) electrons. The van der Waals surface area contributed by atoms with E-state index in [1.54, 1.807) is 18.2 Å². The standard InChI is InChI=1S/C24H29NO9S/c1-15(34-16(2)26)24(27)25-20-11-17(7-8-21(20)31-4)14-35(28,29)10-9-19-22(32-5)12-18(30-3)13-23(19)33-6/h7-13,15H,14H2,1-6H3,(H,25,27). The zero-order valence-electron chi connectivity index (χ0n) is 20.4. The van der Waals surface area contributed by atoms with Gasteiger partial charge in [-0.05, 0) is 30.7 Å². The van der Waals surface area contributed by atoms with E-state index in [9.17, 15) is 18.0 Å². The van der Waals surface area contributed by atoms with Crippen molar-refractivity contribution >= 4 is 33.5 Å². The van der Waals surface area contributed by atoms with E-state index in [0.717, 1.165) is 5.41 Å². The fourth-order valence-electron chi connectivity index (χ4n) is 3.13. The van der Waals surface area contributed by atoms with Crippen LogP contribution in [0.15, 0.2) is 35.7 Å². The maximum Gasteiger partial charge on any atom is 0.303 e. The van der Waals surface area contributed by atoms with E-state index in [-0.39, 0.29) is 11.4 Å². The van der Waals surface area contributed by atoms with E-state index in [0.29, 0.717) is 34.1 Å². The summed E-state index contributed by atoms with van der Waals surface area (Å²) in [7, 11) is 2.08. The van der Waals surface area contributed by atoms with Crippen LogP contribution in [0.4, 0.5) is 5.69 Å². The summed E-state index contributed by atoms with van der Waals surface area (Å²) in [4.78, 5) is 23.4. The molecule has 0 spiro atoms. The van der Waals surface area contributed by atoms with Crippen LogP contribution in [0.5, 0.6) is 23.0 Å². The van der Waals surface area contributed by atoms with Crippen molar-refractivity contribution in [3.05, 3.63) is 46.9 Å². The van der Waals surface area contributed by atoms with Crippen LogP contribution in [0, 0.1) is 0 Å². The Bertz CT molecular complexity index is 1180. The third-order valence-electron chi connectivity index (χ3n) is 4.80. The Morgan fingerprint density at radius 3 is 2.06 bits per heavy atom. The summed E-state index contributed by atoms with van der Waals surface area (Å²) in [5.74, 6) is 0.0326. The SMILES string of the molecule is COc1cc(OC)c(C=CS(=O)(=O)Cc2ccc(OC)c(NC(=O)C(C)OC(C)=O)c2)c(OC)c1. The Kier molecular flexibility index (Phi) is 9.52. The molecule has 0 aromatic heterocycles. The number of rotatable bonds is 11. The average molecular weight is 508 g/mol. The zero-order chi connectivity index (χ0) is 26.2. The number of amides is 1. The van der Waals surface area contributed by atoms with Crippen LogP contribution in [-0.2, 0) is 29.9 Å². The van der Waals surface area contributed by atoms with E-state index < -0.39 is 27.8 Å². The number of nitrogens with one attached hydrogen (secondary N) is 1. The maximum absolute atomic E-state index is 12.8. The summed E-state index contributed by atoms with van der Waals surface area (Å²) in [5, 5.41) is 3.65. The van der Waals surface area contributed by atoms with Gasteiger partial charge in [-0.3, -0.25) is 9.59 Å². The molecule has 2 aromatic rings. The van der Waals surface area contributed by atoms with E-state index in [1.165, 1.54) is 60.5 Å². The molecule has 190 valence electrons. The van der Waals surface area contributed by atoms with Gasteiger partial charge in [-0.25, -0.2) is 8.42 Å². The fourth-order valence-corrected chi connectivity index (χ4v) is 4.21. The Morgan fingerprint density at radius 1 is 0.943 bits per heavy atom. The van der Waals surface area contributed by atoms with Gasteiger partial charge in [-0.1, -0.05) is 6.07 Å². The fraction of sp³-hybridized carbons (Fsp3) is 0.333. The second-order valence-corrected chi connectivity index (χ2v) is 9.22. The molecule has 0 saturated heterocycles. The summed E-state index contributed by atoms with van der Waals surface area (Å²) < 4.78 is 51.7. The Labute approximate surface area is 204 Å². The number of ether oxygens (including phenoxy) is 5. The number of carbonyl (C=O) groups excluding carboxylic acids is 2. The highest BCUT2D eigenvalue weighted by atomic mass is 32.2. The highest BCUT2D eigenvalue weighted by molar-refractivity contribution is 7.93. The van der Waals surface area contributed by atoms with Crippen molar-refractivity contribution in [2.75, 3.05) is 33.8 Å². The minimum Gasteiger partial charge on any atom is -0.496 e. The van der Waals surface area contributed by atoms with Gasteiger partial charge in [0.25, 0.3) is 5.91 Å². The molecule has 0 fully saturated rings. The number of hydrogen-bond acceptors (Lipinski definition) is 9. The van der Waals surface area contributed by atoms with E-state index in [2.05, 4.69) is 5.32 Å². The summed E-state index contributed by atoms with van der Waals surface area (Å²) >= 11 is 0. The van der Waals surface area contributed by atoms with E-state index in [1.807, 2.05) is 0 Å². The third kappa shape index (κ3) is 7.64. The predicted octanol–water partition coefficient (Wildman–Crippen LogP) is 3.20. The first kappa shape index (κ1) is 27.5. The zero-order valence-corrected chi connectivity index (χ0v) is 21.2. The summed E-state index contributed by atoms with van der Waals surface area (Å²) in [5.41, 5.74) is 1.08. The average Bonchev–Trinajstić information content (AvgIpc) is 2.81. The van der Waals surface area contributed by atoms with Crippen molar-refractivity contribution in [3.63, 3.8) is 0 Å². The molecule has 2 rings (SSSR count). The first-order chi connectivity index (χ1) is 16.5. The minimum absolute atomic E-state index is 0.242. The first-order valence-corrected chi connectivity index (χ1v) is 12.1. The van der Waals surface area contributed by atoms with Gasteiger partial charge in [0.05, 0.1) is 45.4 Å². The van der Waals surface area contributed by atoms with Crippen LogP contribution < -0.4 is 24.3 Å². The third-order valence-corrected chi connectivity index (χ3v) is 6.08. The smallest absolute Gasteiger partial charge is 0.303 e. The van der Waals surface area contributed by atoms with Gasteiger partial charge in [0.2, 0.25) is 0 Å². The molecule has 0 aliphatic carbocycles. The lowest BCUT2D eigenvalue weighted by Gasteiger charge is -2.15. The van der Waals surface area contributed by atoms with Crippen LogP contribution in [0.1, 0.15) is 25.0 Å². The summed E-state index contributed by atoms with van der Waals surface area (Å²) in [6, 6.07) is 7.82. The van der Waals surface area contributed by atoms with Crippen LogP contribution in [0.3, 0.4) is 0 Å². The molecular weight excluding hydrogens is 478 g/mol.